The fourth-order valence-corrected chi connectivity index (χ4v) is 3.51. The Balaban J connectivity index is 2.04. The number of carbonyl (C=O) groups is 1. The highest BCUT2D eigenvalue weighted by Crippen LogP contribution is 2.46. The molecule has 126 valence electrons. The summed E-state index contributed by atoms with van der Waals surface area (Å²) in [6.45, 7) is 4.36. The van der Waals surface area contributed by atoms with Crippen LogP contribution < -0.4 is 0 Å². The Morgan fingerprint density at radius 1 is 1.30 bits per heavy atom. The van der Waals surface area contributed by atoms with Crippen molar-refractivity contribution in [2.24, 2.45) is 0 Å². The lowest BCUT2D eigenvalue weighted by molar-refractivity contribution is -0.432. The Hall–Kier alpha value is -1.34. The van der Waals surface area contributed by atoms with Crippen LogP contribution >= 0.6 is 12.0 Å². The van der Waals surface area contributed by atoms with Crippen LogP contribution in [-0.4, -0.2) is 16.3 Å². The topological polar surface area (TPSA) is 76.0 Å². The van der Waals surface area contributed by atoms with Crippen molar-refractivity contribution in [2.75, 3.05) is 0 Å². The molecule has 2 rings (SSSR count). The van der Waals surface area contributed by atoms with Crippen LogP contribution in [0.5, 0.6) is 0 Å². The van der Waals surface area contributed by atoms with Gasteiger partial charge in [0.05, 0.1) is 12.0 Å². The number of unbranched alkanes of at least 4 members (excludes halogenated alkanes) is 2. The fraction of sp³-hybridized carbons (Fsp3) is 0.471. The standard InChI is InChI=1S/C17H22O5S/c1-12-10-13-7-8-14(23-22-21-20)11-15(13)17(12,2)9-5-3-4-6-16(18)19/h7-8,10-11,20H,3-6,9H2,1-2H3,(H,18,19). The van der Waals surface area contributed by atoms with E-state index in [1.807, 2.05) is 12.1 Å². The SMILES string of the molecule is CC1=Cc2ccc(SOOO)cc2C1(C)CCCCCC(=O)O. The minimum Gasteiger partial charge on any atom is -0.481 e. The zero-order valence-corrected chi connectivity index (χ0v) is 14.2. The lowest BCUT2D eigenvalue weighted by Crippen LogP contribution is -2.21. The summed E-state index contributed by atoms with van der Waals surface area (Å²) >= 11 is 0.963. The molecule has 6 heteroatoms. The van der Waals surface area contributed by atoms with E-state index in [0.29, 0.717) is 0 Å². The van der Waals surface area contributed by atoms with E-state index in [2.05, 4.69) is 35.4 Å². The molecule has 1 aromatic rings. The first-order valence-corrected chi connectivity index (χ1v) is 8.41. The second kappa shape index (κ2) is 7.97. The molecule has 0 spiro atoms. The predicted molar refractivity (Wildman–Crippen MR) is 88.8 cm³/mol. The van der Waals surface area contributed by atoms with Crippen LogP contribution in [0.25, 0.3) is 6.08 Å². The van der Waals surface area contributed by atoms with Crippen LogP contribution in [0.2, 0.25) is 0 Å². The minimum atomic E-state index is -0.730. The van der Waals surface area contributed by atoms with E-state index in [1.54, 1.807) is 0 Å². The summed E-state index contributed by atoms with van der Waals surface area (Å²) in [4.78, 5) is 11.4. The molecule has 0 saturated carbocycles. The van der Waals surface area contributed by atoms with Gasteiger partial charge in [0.1, 0.15) is 0 Å². The first-order chi connectivity index (χ1) is 11.0. The predicted octanol–water partition coefficient (Wildman–Crippen LogP) is 4.82. The number of allylic oxidation sites excluding steroid dienone is 1. The summed E-state index contributed by atoms with van der Waals surface area (Å²) in [5.74, 6) is -0.730. The quantitative estimate of drug-likeness (QED) is 0.291. The lowest BCUT2D eigenvalue weighted by Gasteiger charge is -2.28. The zero-order chi connectivity index (χ0) is 16.9. The lowest BCUT2D eigenvalue weighted by atomic mass is 9.76. The number of hydrogen-bond donors (Lipinski definition) is 2. The van der Waals surface area contributed by atoms with Crippen LogP contribution in [0.1, 0.15) is 57.1 Å². The van der Waals surface area contributed by atoms with Gasteiger partial charge in [-0.1, -0.05) is 42.5 Å². The highest BCUT2D eigenvalue weighted by atomic mass is 32.2. The molecule has 1 aromatic carbocycles. The minimum absolute atomic E-state index is 0.0464. The van der Waals surface area contributed by atoms with Crippen molar-refractivity contribution < 1.29 is 24.5 Å². The molecular formula is C17H22O5S. The smallest absolute Gasteiger partial charge is 0.303 e. The van der Waals surface area contributed by atoms with Crippen molar-refractivity contribution in [3.63, 3.8) is 0 Å². The Kier molecular flexibility index (Phi) is 6.24. The normalized spacial score (nSPS) is 19.5. The molecule has 0 aliphatic heterocycles. The van der Waals surface area contributed by atoms with Crippen LogP contribution in [0.4, 0.5) is 0 Å². The van der Waals surface area contributed by atoms with Crippen LogP contribution in [0, 0.1) is 0 Å². The third-order valence-electron chi connectivity index (χ3n) is 4.59. The number of hydrogen-bond acceptors (Lipinski definition) is 5. The molecule has 0 fully saturated rings. The highest BCUT2D eigenvalue weighted by Gasteiger charge is 2.34. The number of benzene rings is 1. The molecule has 23 heavy (non-hydrogen) atoms. The van der Waals surface area contributed by atoms with Gasteiger partial charge in [0, 0.05) is 16.7 Å². The Morgan fingerprint density at radius 3 is 2.78 bits per heavy atom. The number of aliphatic carboxylic acids is 1. The summed E-state index contributed by atoms with van der Waals surface area (Å²) in [7, 11) is 0. The van der Waals surface area contributed by atoms with Gasteiger partial charge in [0.15, 0.2) is 0 Å². The Labute approximate surface area is 140 Å². The van der Waals surface area contributed by atoms with Crippen LogP contribution in [0.15, 0.2) is 28.7 Å². The van der Waals surface area contributed by atoms with Crippen molar-refractivity contribution in [3.8, 4) is 0 Å². The van der Waals surface area contributed by atoms with E-state index in [1.165, 1.54) is 16.7 Å². The number of fused-ring (bicyclic) bond motifs is 1. The van der Waals surface area contributed by atoms with E-state index in [9.17, 15) is 4.79 Å². The van der Waals surface area contributed by atoms with Crippen molar-refractivity contribution in [2.45, 2.75) is 56.3 Å². The number of rotatable bonds is 9. The summed E-state index contributed by atoms with van der Waals surface area (Å²) in [5, 5.41) is 20.6. The first-order valence-electron chi connectivity index (χ1n) is 7.67. The third-order valence-corrected chi connectivity index (χ3v) is 5.16. The van der Waals surface area contributed by atoms with Gasteiger partial charge in [-0.15, -0.1) is 4.33 Å². The summed E-state index contributed by atoms with van der Waals surface area (Å²) in [6.07, 6.45) is 6.04. The van der Waals surface area contributed by atoms with E-state index in [-0.39, 0.29) is 11.8 Å². The molecular weight excluding hydrogens is 316 g/mol. The average molecular weight is 338 g/mol. The van der Waals surface area contributed by atoms with E-state index < -0.39 is 5.97 Å². The third kappa shape index (κ3) is 4.35. The van der Waals surface area contributed by atoms with Gasteiger partial charge in [-0.2, -0.15) is 0 Å². The molecule has 2 N–H and O–H groups in total. The highest BCUT2D eigenvalue weighted by molar-refractivity contribution is 7.94. The molecule has 0 amide bonds. The van der Waals surface area contributed by atoms with E-state index in [4.69, 9.17) is 10.4 Å². The number of carboxylic acids is 1. The zero-order valence-electron chi connectivity index (χ0n) is 13.4. The summed E-state index contributed by atoms with van der Waals surface area (Å²) < 4.78 is 4.51. The summed E-state index contributed by atoms with van der Waals surface area (Å²) in [5.41, 5.74) is 3.70. The van der Waals surface area contributed by atoms with E-state index in [0.717, 1.165) is 42.6 Å². The van der Waals surface area contributed by atoms with E-state index >= 15 is 0 Å². The second-order valence-electron chi connectivity index (χ2n) is 6.09. The van der Waals surface area contributed by atoms with Crippen molar-refractivity contribution in [1.29, 1.82) is 0 Å². The molecule has 0 bridgehead atoms. The van der Waals surface area contributed by atoms with Crippen molar-refractivity contribution in [3.05, 3.63) is 34.9 Å². The Morgan fingerprint density at radius 2 is 2.09 bits per heavy atom. The van der Waals surface area contributed by atoms with Gasteiger partial charge in [-0.25, -0.2) is 5.26 Å². The maximum atomic E-state index is 10.6. The molecule has 0 radical (unpaired) electrons. The van der Waals surface area contributed by atoms with Crippen molar-refractivity contribution in [1.82, 2.24) is 0 Å². The van der Waals surface area contributed by atoms with Crippen molar-refractivity contribution >= 4 is 24.1 Å². The van der Waals surface area contributed by atoms with Crippen LogP contribution in [-0.2, 0) is 19.6 Å². The van der Waals surface area contributed by atoms with Gasteiger partial charge < -0.3 is 5.11 Å². The number of carboxylic acid groups (broad SMARTS) is 1. The second-order valence-corrected chi connectivity index (χ2v) is 6.86. The Bertz CT molecular complexity index is 599. The van der Waals surface area contributed by atoms with Gasteiger partial charge in [0.25, 0.3) is 0 Å². The monoisotopic (exact) mass is 338 g/mol. The van der Waals surface area contributed by atoms with Gasteiger partial charge >= 0.3 is 5.97 Å². The fourth-order valence-electron chi connectivity index (χ4n) is 3.11. The first kappa shape index (κ1) is 18.0. The maximum absolute atomic E-state index is 10.6. The maximum Gasteiger partial charge on any atom is 0.303 e. The molecule has 5 nitrogen and oxygen atoms in total. The molecule has 0 saturated heterocycles. The summed E-state index contributed by atoms with van der Waals surface area (Å²) in [6, 6.07) is 6.02. The molecule has 1 aliphatic carbocycles. The molecule has 0 aromatic heterocycles. The molecule has 1 atom stereocenters. The van der Waals surface area contributed by atoms with Gasteiger partial charge in [0.2, 0.25) is 0 Å². The molecule has 0 heterocycles. The van der Waals surface area contributed by atoms with Gasteiger partial charge in [-0.05, 0) is 43.0 Å². The van der Waals surface area contributed by atoms with Crippen LogP contribution in [0.3, 0.4) is 0 Å². The average Bonchev–Trinajstić information content (AvgIpc) is 2.76. The van der Waals surface area contributed by atoms with Gasteiger partial charge in [-0.3, -0.25) is 4.79 Å². The molecule has 1 aliphatic rings. The molecule has 1 unspecified atom stereocenters. The largest absolute Gasteiger partial charge is 0.481 e.